The number of rotatable bonds is 6. The number of nitrogens with zero attached hydrogens (tertiary/aromatic N) is 1. The van der Waals surface area contributed by atoms with Gasteiger partial charge in [-0.25, -0.2) is 9.18 Å². The van der Waals surface area contributed by atoms with Crippen molar-refractivity contribution in [1.29, 1.82) is 0 Å². The number of aliphatic hydroxyl groups excluding tert-OH is 1. The summed E-state index contributed by atoms with van der Waals surface area (Å²) in [5.74, 6) is -0.575. The van der Waals surface area contributed by atoms with Gasteiger partial charge < -0.3 is 20.3 Å². The third-order valence-corrected chi connectivity index (χ3v) is 5.27. The van der Waals surface area contributed by atoms with Crippen molar-refractivity contribution >= 4 is 34.1 Å². The number of fused-ring (bicyclic) bond motifs is 1. The van der Waals surface area contributed by atoms with Crippen LogP contribution in [0, 0.1) is 5.82 Å². The fourth-order valence-corrected chi connectivity index (χ4v) is 3.49. The highest BCUT2D eigenvalue weighted by atomic mass is 35.5. The number of urea groups is 1. The highest BCUT2D eigenvalue weighted by molar-refractivity contribution is 6.31. The maximum Gasteiger partial charge on any atom is 0.322 e. The molecule has 3 rings (SSSR count). The van der Waals surface area contributed by atoms with Gasteiger partial charge in [0.1, 0.15) is 5.82 Å². The van der Waals surface area contributed by atoms with E-state index in [4.69, 9.17) is 11.6 Å². The summed E-state index contributed by atoms with van der Waals surface area (Å²) in [5.41, 5.74) is 0.914. The van der Waals surface area contributed by atoms with Gasteiger partial charge in [0.2, 0.25) is 0 Å². The third-order valence-electron chi connectivity index (χ3n) is 4.98. The summed E-state index contributed by atoms with van der Waals surface area (Å²) in [7, 11) is 0. The molecule has 3 aromatic rings. The minimum absolute atomic E-state index is 0.0944. The second-order valence-corrected chi connectivity index (χ2v) is 7.59. The van der Waals surface area contributed by atoms with Gasteiger partial charge >= 0.3 is 6.03 Å². The number of halogens is 2. The monoisotopic (exact) mass is 431 g/mol. The van der Waals surface area contributed by atoms with Crippen molar-refractivity contribution in [3.63, 3.8) is 0 Å². The van der Waals surface area contributed by atoms with Crippen LogP contribution in [0.4, 0.5) is 14.9 Å². The van der Waals surface area contributed by atoms with E-state index in [1.165, 1.54) is 18.2 Å². The number of nitrogens with one attached hydrogen (secondary N) is 2. The average molecular weight is 432 g/mol. The Morgan fingerprint density at radius 3 is 2.60 bits per heavy atom. The zero-order valence-corrected chi connectivity index (χ0v) is 17.4. The van der Waals surface area contributed by atoms with Crippen molar-refractivity contribution in [2.45, 2.75) is 32.4 Å². The molecule has 3 N–H and O–H groups in total. The van der Waals surface area contributed by atoms with Crippen molar-refractivity contribution in [3.05, 3.63) is 75.4 Å². The number of H-pyrrole nitrogens is 1. The molecule has 0 aliphatic carbocycles. The molecular formula is C22H23ClFN3O3. The molecular weight excluding hydrogens is 409 g/mol. The Hall–Kier alpha value is -2.90. The molecule has 0 unspecified atom stereocenters. The van der Waals surface area contributed by atoms with Gasteiger partial charge in [-0.3, -0.25) is 4.79 Å². The maximum absolute atomic E-state index is 13.4. The number of amides is 2. The Morgan fingerprint density at radius 1 is 1.23 bits per heavy atom. The Bertz CT molecular complexity index is 1120. The van der Waals surface area contributed by atoms with Crippen molar-refractivity contribution in [3.8, 4) is 0 Å². The van der Waals surface area contributed by atoms with Crippen LogP contribution < -0.4 is 10.9 Å². The minimum Gasteiger partial charge on any atom is -0.393 e. The van der Waals surface area contributed by atoms with E-state index >= 15 is 0 Å². The molecule has 0 saturated carbocycles. The van der Waals surface area contributed by atoms with Gasteiger partial charge in [-0.2, -0.15) is 0 Å². The predicted molar refractivity (Wildman–Crippen MR) is 116 cm³/mol. The lowest BCUT2D eigenvalue weighted by molar-refractivity contribution is 0.149. The van der Waals surface area contributed by atoms with Crippen molar-refractivity contribution in [2.75, 3.05) is 11.9 Å². The molecule has 8 heteroatoms. The van der Waals surface area contributed by atoms with E-state index in [1.54, 1.807) is 30.2 Å². The quantitative estimate of drug-likeness (QED) is 0.529. The fourth-order valence-electron chi connectivity index (χ4n) is 3.31. The van der Waals surface area contributed by atoms with E-state index < -0.39 is 24.0 Å². The van der Waals surface area contributed by atoms with Crippen molar-refractivity contribution in [1.82, 2.24) is 9.88 Å². The topological polar surface area (TPSA) is 85.4 Å². The first-order valence-corrected chi connectivity index (χ1v) is 9.96. The molecule has 1 aromatic heterocycles. The lowest BCUT2D eigenvalue weighted by Gasteiger charge is -2.31. The minimum atomic E-state index is -0.597. The van der Waals surface area contributed by atoms with E-state index in [9.17, 15) is 19.1 Å². The Morgan fingerprint density at radius 2 is 1.93 bits per heavy atom. The van der Waals surface area contributed by atoms with Gasteiger partial charge in [-0.05, 0) is 55.5 Å². The van der Waals surface area contributed by atoms with Gasteiger partial charge in [0.15, 0.2) is 0 Å². The molecule has 158 valence electrons. The largest absolute Gasteiger partial charge is 0.393 e. The van der Waals surface area contributed by atoms with Crippen LogP contribution in [0.2, 0.25) is 5.02 Å². The highest BCUT2D eigenvalue weighted by Crippen LogP contribution is 2.27. The van der Waals surface area contributed by atoms with Crippen molar-refractivity contribution < 1.29 is 14.3 Å². The van der Waals surface area contributed by atoms with Crippen LogP contribution in [0.3, 0.4) is 0 Å². The van der Waals surface area contributed by atoms with Crippen LogP contribution >= 0.6 is 11.6 Å². The normalized spacial score (nSPS) is 13.1. The molecule has 0 saturated heterocycles. The molecule has 1 heterocycles. The summed E-state index contributed by atoms with van der Waals surface area (Å²) in [4.78, 5) is 29.5. The Balaban J connectivity index is 1.94. The molecule has 0 aliphatic heterocycles. The number of pyridine rings is 1. The smallest absolute Gasteiger partial charge is 0.322 e. The first-order chi connectivity index (χ1) is 14.3. The van der Waals surface area contributed by atoms with E-state index in [-0.39, 0.29) is 17.1 Å². The van der Waals surface area contributed by atoms with Gasteiger partial charge in [-0.1, -0.05) is 29.8 Å². The molecule has 0 radical (unpaired) electrons. The summed E-state index contributed by atoms with van der Waals surface area (Å²) in [5, 5.41) is 13.6. The number of hydrogen-bond donors (Lipinski definition) is 3. The molecule has 2 atom stereocenters. The third kappa shape index (κ3) is 4.80. The zero-order chi connectivity index (χ0) is 21.8. The number of benzene rings is 2. The summed E-state index contributed by atoms with van der Waals surface area (Å²) in [6, 6.07) is 10.3. The molecule has 6 nitrogen and oxygen atoms in total. The second kappa shape index (κ2) is 9.28. The van der Waals surface area contributed by atoms with Crippen LogP contribution in [-0.2, 0) is 0 Å². The number of hydrogen-bond acceptors (Lipinski definition) is 3. The maximum atomic E-state index is 13.4. The van der Waals surface area contributed by atoms with E-state index in [0.717, 1.165) is 10.9 Å². The van der Waals surface area contributed by atoms with Crippen LogP contribution in [0.15, 0.2) is 53.5 Å². The molecule has 2 amide bonds. The molecule has 0 spiro atoms. The van der Waals surface area contributed by atoms with Crippen LogP contribution in [0.1, 0.15) is 31.9 Å². The molecule has 0 fully saturated rings. The lowest BCUT2D eigenvalue weighted by atomic mass is 10.0. The molecule has 30 heavy (non-hydrogen) atoms. The lowest BCUT2D eigenvalue weighted by Crippen LogP contribution is -2.39. The summed E-state index contributed by atoms with van der Waals surface area (Å²) in [6.45, 7) is 3.77. The first-order valence-electron chi connectivity index (χ1n) is 9.59. The van der Waals surface area contributed by atoms with E-state index in [0.29, 0.717) is 17.5 Å². The highest BCUT2D eigenvalue weighted by Gasteiger charge is 2.24. The number of aliphatic hydroxyl groups is 1. The SMILES string of the molecule is C[C@H](c1c[nH]c(=O)c2ccccc12)N(CC[C@@H](C)O)C(=O)Nc1ccc(F)c(Cl)c1. The van der Waals surface area contributed by atoms with Gasteiger partial charge in [0.25, 0.3) is 5.56 Å². The van der Waals surface area contributed by atoms with Crippen molar-refractivity contribution in [2.24, 2.45) is 0 Å². The van der Waals surface area contributed by atoms with Gasteiger partial charge in [0, 0.05) is 23.8 Å². The average Bonchev–Trinajstić information content (AvgIpc) is 2.71. The number of carbonyl (C=O) groups is 1. The van der Waals surface area contributed by atoms with Gasteiger partial charge in [0.05, 0.1) is 17.2 Å². The first kappa shape index (κ1) is 21.8. The zero-order valence-electron chi connectivity index (χ0n) is 16.7. The summed E-state index contributed by atoms with van der Waals surface area (Å²) < 4.78 is 13.4. The molecule has 0 bridgehead atoms. The van der Waals surface area contributed by atoms with Crippen LogP contribution in [-0.4, -0.2) is 33.7 Å². The number of anilines is 1. The number of aromatic amines is 1. The summed E-state index contributed by atoms with van der Waals surface area (Å²) >= 11 is 5.81. The fraction of sp³-hybridized carbons (Fsp3) is 0.273. The second-order valence-electron chi connectivity index (χ2n) is 7.18. The Kier molecular flexibility index (Phi) is 6.74. The Labute approximate surface area is 178 Å². The van der Waals surface area contributed by atoms with E-state index in [2.05, 4.69) is 10.3 Å². The number of aromatic nitrogens is 1. The number of carbonyl (C=O) groups excluding carboxylic acids is 1. The van der Waals surface area contributed by atoms with Crippen LogP contribution in [0.5, 0.6) is 0 Å². The van der Waals surface area contributed by atoms with E-state index in [1.807, 2.05) is 19.1 Å². The standard InChI is InChI=1S/C22H23ClFN3O3/c1-13(28)9-10-27(22(30)26-15-7-8-20(24)19(23)11-15)14(2)18-12-25-21(29)17-6-4-3-5-16(17)18/h3-8,11-14,28H,9-10H2,1-2H3,(H,25,29)(H,26,30)/t13-,14-/m1/s1. The molecule has 0 aliphatic rings. The predicted octanol–water partition coefficient (Wildman–Crippen LogP) is 4.69. The summed E-state index contributed by atoms with van der Waals surface area (Å²) in [6.07, 6.45) is 1.37. The van der Waals surface area contributed by atoms with Crippen LogP contribution in [0.25, 0.3) is 10.8 Å². The van der Waals surface area contributed by atoms with Gasteiger partial charge in [-0.15, -0.1) is 0 Å². The molecule has 2 aromatic carbocycles.